The van der Waals surface area contributed by atoms with Crippen LogP contribution < -0.4 is 10.2 Å². The molecule has 1 saturated heterocycles. The second kappa shape index (κ2) is 6.04. The predicted octanol–water partition coefficient (Wildman–Crippen LogP) is 3.74. The molecule has 0 radical (unpaired) electrons. The average Bonchev–Trinajstić information content (AvgIpc) is 3.03. The first kappa shape index (κ1) is 13.7. The summed E-state index contributed by atoms with van der Waals surface area (Å²) < 4.78 is 13.3. The Morgan fingerprint density at radius 1 is 1.10 bits per heavy atom. The van der Waals surface area contributed by atoms with Gasteiger partial charge >= 0.3 is 0 Å². The highest BCUT2D eigenvalue weighted by Gasteiger charge is 2.12. The second-order valence-electron chi connectivity index (χ2n) is 5.38. The Morgan fingerprint density at radius 3 is 2.67 bits per heavy atom. The predicted molar refractivity (Wildman–Crippen MR) is 83.3 cm³/mol. The molecule has 0 atom stereocenters. The number of benzene rings is 2. The molecule has 3 nitrogen and oxygen atoms in total. The van der Waals surface area contributed by atoms with Crippen LogP contribution in [0.3, 0.4) is 0 Å². The summed E-state index contributed by atoms with van der Waals surface area (Å²) in [6.45, 7) is 2.76. The van der Waals surface area contributed by atoms with E-state index in [-0.39, 0.29) is 5.75 Å². The van der Waals surface area contributed by atoms with Crippen molar-refractivity contribution in [2.45, 2.75) is 19.4 Å². The molecule has 0 unspecified atom stereocenters. The van der Waals surface area contributed by atoms with Gasteiger partial charge in [0.2, 0.25) is 0 Å². The minimum absolute atomic E-state index is 0.310. The van der Waals surface area contributed by atoms with Crippen LogP contribution in [-0.2, 0) is 6.54 Å². The number of hydrogen-bond donors (Lipinski definition) is 2. The maximum absolute atomic E-state index is 13.3. The molecule has 0 amide bonds. The van der Waals surface area contributed by atoms with Crippen molar-refractivity contribution in [3.63, 3.8) is 0 Å². The van der Waals surface area contributed by atoms with Crippen molar-refractivity contribution in [1.82, 2.24) is 0 Å². The van der Waals surface area contributed by atoms with Gasteiger partial charge in [0.1, 0.15) is 0 Å². The molecule has 1 heterocycles. The van der Waals surface area contributed by atoms with Crippen LogP contribution in [0.1, 0.15) is 18.4 Å². The van der Waals surface area contributed by atoms with Gasteiger partial charge in [0.05, 0.1) is 0 Å². The van der Waals surface area contributed by atoms with Crippen LogP contribution in [0.5, 0.6) is 5.75 Å². The first-order valence-corrected chi connectivity index (χ1v) is 7.29. The third kappa shape index (κ3) is 3.27. The van der Waals surface area contributed by atoms with Crippen molar-refractivity contribution in [1.29, 1.82) is 0 Å². The number of hydrogen-bond acceptors (Lipinski definition) is 3. The zero-order chi connectivity index (χ0) is 14.7. The van der Waals surface area contributed by atoms with E-state index in [0.29, 0.717) is 6.54 Å². The molecule has 3 rings (SSSR count). The summed E-state index contributed by atoms with van der Waals surface area (Å²) in [4.78, 5) is 2.38. The summed E-state index contributed by atoms with van der Waals surface area (Å²) in [7, 11) is 0. The van der Waals surface area contributed by atoms with E-state index in [9.17, 15) is 9.50 Å². The maximum Gasteiger partial charge on any atom is 0.165 e. The Labute approximate surface area is 124 Å². The molecule has 2 aromatic rings. The van der Waals surface area contributed by atoms with Gasteiger partial charge in [0, 0.05) is 31.0 Å². The first-order valence-electron chi connectivity index (χ1n) is 7.29. The van der Waals surface area contributed by atoms with Crippen molar-refractivity contribution in [2.24, 2.45) is 0 Å². The van der Waals surface area contributed by atoms with Crippen LogP contribution in [0.15, 0.2) is 42.5 Å². The lowest BCUT2D eigenvalue weighted by molar-refractivity contribution is 0.432. The van der Waals surface area contributed by atoms with E-state index >= 15 is 0 Å². The molecule has 1 fully saturated rings. The molecular formula is C17H19FN2O. The summed E-state index contributed by atoms with van der Waals surface area (Å²) in [5, 5.41) is 12.5. The molecule has 21 heavy (non-hydrogen) atoms. The van der Waals surface area contributed by atoms with Gasteiger partial charge < -0.3 is 15.3 Å². The largest absolute Gasteiger partial charge is 0.505 e. The fourth-order valence-electron chi connectivity index (χ4n) is 2.65. The van der Waals surface area contributed by atoms with E-state index in [0.717, 1.165) is 24.3 Å². The lowest BCUT2D eigenvalue weighted by atomic mass is 10.2. The Balaban J connectivity index is 1.67. The Morgan fingerprint density at radius 2 is 1.90 bits per heavy atom. The number of nitrogens with zero attached hydrogens (tertiary/aromatic N) is 1. The fraction of sp³-hybridized carbons (Fsp3) is 0.294. The molecule has 0 saturated carbocycles. The Bertz CT molecular complexity index is 624. The van der Waals surface area contributed by atoms with Crippen LogP contribution in [0.25, 0.3) is 0 Å². The standard InChI is InChI=1S/C17H19FN2O/c18-16-10-13(6-7-17(16)21)12-19-14-4-3-5-15(11-14)20-8-1-2-9-20/h3-7,10-11,19,21H,1-2,8-9,12H2. The van der Waals surface area contributed by atoms with Gasteiger partial charge in [-0.2, -0.15) is 0 Å². The summed E-state index contributed by atoms with van der Waals surface area (Å²) in [6.07, 6.45) is 2.51. The molecule has 110 valence electrons. The van der Waals surface area contributed by atoms with Crippen molar-refractivity contribution >= 4 is 11.4 Å². The third-order valence-corrected chi connectivity index (χ3v) is 3.83. The maximum atomic E-state index is 13.3. The summed E-state index contributed by atoms with van der Waals surface area (Å²) in [5.41, 5.74) is 3.05. The van der Waals surface area contributed by atoms with Crippen LogP contribution in [0, 0.1) is 5.82 Å². The summed E-state index contributed by atoms with van der Waals surface area (Å²) in [6, 6.07) is 12.7. The summed E-state index contributed by atoms with van der Waals surface area (Å²) >= 11 is 0. The van der Waals surface area contributed by atoms with Crippen molar-refractivity contribution in [3.05, 3.63) is 53.8 Å². The van der Waals surface area contributed by atoms with Crippen LogP contribution in [0.2, 0.25) is 0 Å². The molecule has 1 aliphatic heterocycles. The summed E-state index contributed by atoms with van der Waals surface area (Å²) in [5.74, 6) is -0.894. The van der Waals surface area contributed by atoms with Crippen molar-refractivity contribution in [2.75, 3.05) is 23.3 Å². The van der Waals surface area contributed by atoms with Gasteiger partial charge in [-0.25, -0.2) is 4.39 Å². The quantitative estimate of drug-likeness (QED) is 0.898. The highest BCUT2D eigenvalue weighted by atomic mass is 19.1. The van der Waals surface area contributed by atoms with Gasteiger partial charge in [-0.05, 0) is 48.7 Å². The average molecular weight is 286 g/mol. The highest BCUT2D eigenvalue weighted by Crippen LogP contribution is 2.24. The molecule has 0 bridgehead atoms. The first-order chi connectivity index (χ1) is 10.2. The zero-order valence-corrected chi connectivity index (χ0v) is 11.8. The molecular weight excluding hydrogens is 267 g/mol. The monoisotopic (exact) mass is 286 g/mol. The van der Waals surface area contributed by atoms with Gasteiger partial charge in [0.25, 0.3) is 0 Å². The van der Waals surface area contributed by atoms with Gasteiger partial charge in [-0.3, -0.25) is 0 Å². The minimum atomic E-state index is -0.583. The van der Waals surface area contributed by atoms with Gasteiger partial charge in [0.15, 0.2) is 11.6 Å². The number of nitrogens with one attached hydrogen (secondary N) is 1. The fourth-order valence-corrected chi connectivity index (χ4v) is 2.65. The van der Waals surface area contributed by atoms with Crippen molar-refractivity contribution in [3.8, 4) is 5.75 Å². The van der Waals surface area contributed by atoms with Crippen LogP contribution >= 0.6 is 0 Å². The minimum Gasteiger partial charge on any atom is -0.505 e. The zero-order valence-electron chi connectivity index (χ0n) is 11.8. The molecule has 0 aliphatic carbocycles. The van der Waals surface area contributed by atoms with Crippen LogP contribution in [0.4, 0.5) is 15.8 Å². The molecule has 0 spiro atoms. The van der Waals surface area contributed by atoms with E-state index in [2.05, 4.69) is 22.3 Å². The van der Waals surface area contributed by atoms with Gasteiger partial charge in [-0.1, -0.05) is 12.1 Å². The molecule has 0 aromatic heterocycles. The number of halogens is 1. The van der Waals surface area contributed by atoms with E-state index in [1.54, 1.807) is 6.07 Å². The number of phenolic OH excluding ortho intramolecular Hbond substituents is 1. The van der Waals surface area contributed by atoms with Gasteiger partial charge in [-0.15, -0.1) is 0 Å². The van der Waals surface area contributed by atoms with E-state index in [1.807, 2.05) is 12.1 Å². The Kier molecular flexibility index (Phi) is 3.95. The number of anilines is 2. The van der Waals surface area contributed by atoms with Crippen LogP contribution in [-0.4, -0.2) is 18.2 Å². The number of phenols is 1. The highest BCUT2D eigenvalue weighted by molar-refractivity contribution is 5.58. The molecule has 2 N–H and O–H groups in total. The van der Waals surface area contributed by atoms with E-state index < -0.39 is 5.82 Å². The molecule has 2 aromatic carbocycles. The SMILES string of the molecule is Oc1ccc(CNc2cccc(N3CCCC3)c2)cc1F. The Hall–Kier alpha value is -2.23. The molecule has 4 heteroatoms. The smallest absolute Gasteiger partial charge is 0.165 e. The van der Waals surface area contributed by atoms with E-state index in [4.69, 9.17) is 0 Å². The number of aromatic hydroxyl groups is 1. The second-order valence-corrected chi connectivity index (χ2v) is 5.38. The van der Waals surface area contributed by atoms with E-state index in [1.165, 1.54) is 30.7 Å². The number of rotatable bonds is 4. The lowest BCUT2D eigenvalue weighted by Gasteiger charge is -2.18. The van der Waals surface area contributed by atoms with Crippen molar-refractivity contribution < 1.29 is 9.50 Å². The normalized spacial score (nSPS) is 14.4. The lowest BCUT2D eigenvalue weighted by Crippen LogP contribution is -2.17. The topological polar surface area (TPSA) is 35.5 Å². The third-order valence-electron chi connectivity index (χ3n) is 3.83. The molecule has 1 aliphatic rings.